The Bertz CT molecular complexity index is 408. The Morgan fingerprint density at radius 1 is 1.39 bits per heavy atom. The van der Waals surface area contributed by atoms with Gasteiger partial charge in [0, 0.05) is 12.2 Å². The lowest BCUT2D eigenvalue weighted by Crippen LogP contribution is -2.33. The van der Waals surface area contributed by atoms with Crippen LogP contribution in [0.4, 0.5) is 5.69 Å². The number of ether oxygens (including phenoxy) is 1. The highest BCUT2D eigenvalue weighted by molar-refractivity contribution is 5.48. The standard InChI is InChI=1S/C14H19N3O/c15-11-12-2-1-3-13(10-12)17-8-9-18-14-4-6-16-7-5-14/h1-3,10,14,16-17H,4-9H2. The summed E-state index contributed by atoms with van der Waals surface area (Å²) in [5.74, 6) is 0. The monoisotopic (exact) mass is 245 g/mol. The Labute approximate surface area is 108 Å². The summed E-state index contributed by atoms with van der Waals surface area (Å²) < 4.78 is 5.79. The molecule has 0 bridgehead atoms. The Morgan fingerprint density at radius 2 is 2.22 bits per heavy atom. The average Bonchev–Trinajstić information content (AvgIpc) is 2.45. The van der Waals surface area contributed by atoms with Gasteiger partial charge in [0.05, 0.1) is 24.3 Å². The highest BCUT2D eigenvalue weighted by Gasteiger charge is 2.12. The van der Waals surface area contributed by atoms with Gasteiger partial charge in [0.15, 0.2) is 0 Å². The summed E-state index contributed by atoms with van der Waals surface area (Å²) >= 11 is 0. The van der Waals surface area contributed by atoms with E-state index in [1.165, 1.54) is 0 Å². The molecule has 0 aliphatic carbocycles. The van der Waals surface area contributed by atoms with Gasteiger partial charge in [0.2, 0.25) is 0 Å². The number of benzene rings is 1. The number of hydrogen-bond acceptors (Lipinski definition) is 4. The maximum absolute atomic E-state index is 8.80. The van der Waals surface area contributed by atoms with Crippen molar-refractivity contribution in [1.29, 1.82) is 5.26 Å². The van der Waals surface area contributed by atoms with Gasteiger partial charge in [-0.1, -0.05) is 6.07 Å². The Kier molecular flexibility index (Phi) is 5.00. The fourth-order valence-electron chi connectivity index (χ4n) is 2.08. The highest BCUT2D eigenvalue weighted by atomic mass is 16.5. The molecule has 1 aromatic carbocycles. The molecule has 0 amide bonds. The molecule has 96 valence electrons. The molecule has 2 N–H and O–H groups in total. The zero-order valence-electron chi connectivity index (χ0n) is 10.5. The van der Waals surface area contributed by atoms with E-state index in [0.29, 0.717) is 18.3 Å². The molecular formula is C14H19N3O. The normalized spacial score (nSPS) is 16.2. The Hall–Kier alpha value is -1.57. The third kappa shape index (κ3) is 4.02. The topological polar surface area (TPSA) is 57.1 Å². The van der Waals surface area contributed by atoms with Gasteiger partial charge in [-0.05, 0) is 44.1 Å². The van der Waals surface area contributed by atoms with Crippen molar-refractivity contribution < 1.29 is 4.74 Å². The lowest BCUT2D eigenvalue weighted by atomic mass is 10.1. The lowest BCUT2D eigenvalue weighted by Gasteiger charge is -2.23. The van der Waals surface area contributed by atoms with Crippen LogP contribution in [0.3, 0.4) is 0 Å². The molecule has 0 spiro atoms. The predicted octanol–water partition coefficient (Wildman–Crippen LogP) is 1.74. The van der Waals surface area contributed by atoms with Crippen LogP contribution in [0.1, 0.15) is 18.4 Å². The minimum atomic E-state index is 0.401. The van der Waals surface area contributed by atoms with Gasteiger partial charge in [-0.2, -0.15) is 5.26 Å². The van der Waals surface area contributed by atoms with Crippen LogP contribution in [-0.4, -0.2) is 32.3 Å². The number of nitriles is 1. The molecule has 1 saturated heterocycles. The molecule has 18 heavy (non-hydrogen) atoms. The number of nitrogens with zero attached hydrogens (tertiary/aromatic N) is 1. The molecule has 2 rings (SSSR count). The second-order valence-electron chi connectivity index (χ2n) is 4.44. The smallest absolute Gasteiger partial charge is 0.0992 e. The van der Waals surface area contributed by atoms with E-state index < -0.39 is 0 Å². The summed E-state index contributed by atoms with van der Waals surface area (Å²) in [4.78, 5) is 0. The van der Waals surface area contributed by atoms with Crippen molar-refractivity contribution in [2.45, 2.75) is 18.9 Å². The number of hydrogen-bond donors (Lipinski definition) is 2. The summed E-state index contributed by atoms with van der Waals surface area (Å²) in [5.41, 5.74) is 1.65. The number of piperidine rings is 1. The minimum Gasteiger partial charge on any atom is -0.383 e. The quantitative estimate of drug-likeness (QED) is 0.776. The van der Waals surface area contributed by atoms with Crippen molar-refractivity contribution in [3.63, 3.8) is 0 Å². The second-order valence-corrected chi connectivity index (χ2v) is 4.44. The molecule has 1 aliphatic rings. The fourth-order valence-corrected chi connectivity index (χ4v) is 2.08. The first-order chi connectivity index (χ1) is 8.88. The van der Waals surface area contributed by atoms with Crippen LogP contribution < -0.4 is 10.6 Å². The number of nitrogens with one attached hydrogen (secondary N) is 2. The number of anilines is 1. The van der Waals surface area contributed by atoms with Crippen molar-refractivity contribution in [1.82, 2.24) is 5.32 Å². The molecule has 1 aliphatic heterocycles. The van der Waals surface area contributed by atoms with Gasteiger partial charge >= 0.3 is 0 Å². The van der Waals surface area contributed by atoms with Crippen LogP contribution >= 0.6 is 0 Å². The van der Waals surface area contributed by atoms with Crippen LogP contribution in [0.25, 0.3) is 0 Å². The first kappa shape index (κ1) is 12.9. The molecule has 0 radical (unpaired) electrons. The van der Waals surface area contributed by atoms with Gasteiger partial charge in [-0.15, -0.1) is 0 Å². The molecule has 4 nitrogen and oxygen atoms in total. The van der Waals surface area contributed by atoms with E-state index in [1.807, 2.05) is 18.2 Å². The third-order valence-corrected chi connectivity index (χ3v) is 3.06. The zero-order valence-corrected chi connectivity index (χ0v) is 10.5. The molecule has 0 aromatic heterocycles. The van der Waals surface area contributed by atoms with Crippen molar-refractivity contribution in [3.8, 4) is 6.07 Å². The van der Waals surface area contributed by atoms with Gasteiger partial charge in [0.25, 0.3) is 0 Å². The highest BCUT2D eigenvalue weighted by Crippen LogP contribution is 2.10. The van der Waals surface area contributed by atoms with Crippen LogP contribution in [-0.2, 0) is 4.74 Å². The first-order valence-corrected chi connectivity index (χ1v) is 6.45. The minimum absolute atomic E-state index is 0.401. The van der Waals surface area contributed by atoms with E-state index in [1.54, 1.807) is 6.07 Å². The third-order valence-electron chi connectivity index (χ3n) is 3.06. The van der Waals surface area contributed by atoms with Crippen molar-refractivity contribution in [2.75, 3.05) is 31.6 Å². The van der Waals surface area contributed by atoms with E-state index in [0.717, 1.165) is 38.2 Å². The molecule has 4 heteroatoms. The van der Waals surface area contributed by atoms with Gasteiger partial charge in [-0.3, -0.25) is 0 Å². The van der Waals surface area contributed by atoms with Crippen LogP contribution in [0.15, 0.2) is 24.3 Å². The number of rotatable bonds is 5. The molecule has 1 aromatic rings. The second kappa shape index (κ2) is 7.00. The van der Waals surface area contributed by atoms with Gasteiger partial charge in [-0.25, -0.2) is 0 Å². The molecule has 0 atom stereocenters. The summed E-state index contributed by atoms with van der Waals surface area (Å²) in [7, 11) is 0. The van der Waals surface area contributed by atoms with Gasteiger partial charge in [0.1, 0.15) is 0 Å². The van der Waals surface area contributed by atoms with E-state index in [2.05, 4.69) is 16.7 Å². The Balaban J connectivity index is 1.67. The molecule has 1 fully saturated rings. The summed E-state index contributed by atoms with van der Waals surface area (Å²) in [6.07, 6.45) is 2.60. The van der Waals surface area contributed by atoms with Crippen molar-refractivity contribution in [3.05, 3.63) is 29.8 Å². The lowest BCUT2D eigenvalue weighted by molar-refractivity contribution is 0.0394. The molecule has 1 heterocycles. The molecule has 0 unspecified atom stereocenters. The van der Waals surface area contributed by atoms with Gasteiger partial charge < -0.3 is 15.4 Å². The van der Waals surface area contributed by atoms with Crippen LogP contribution in [0.5, 0.6) is 0 Å². The maximum Gasteiger partial charge on any atom is 0.0992 e. The first-order valence-electron chi connectivity index (χ1n) is 6.45. The van der Waals surface area contributed by atoms with Crippen LogP contribution in [0.2, 0.25) is 0 Å². The zero-order chi connectivity index (χ0) is 12.6. The van der Waals surface area contributed by atoms with Crippen molar-refractivity contribution in [2.24, 2.45) is 0 Å². The summed E-state index contributed by atoms with van der Waals surface area (Å²) in [6, 6.07) is 9.63. The van der Waals surface area contributed by atoms with E-state index in [-0.39, 0.29) is 0 Å². The largest absolute Gasteiger partial charge is 0.383 e. The SMILES string of the molecule is N#Cc1cccc(NCCOC2CCNCC2)c1. The molecular weight excluding hydrogens is 226 g/mol. The summed E-state index contributed by atoms with van der Waals surface area (Å²) in [6.45, 7) is 3.60. The van der Waals surface area contributed by atoms with E-state index in [9.17, 15) is 0 Å². The van der Waals surface area contributed by atoms with Crippen LogP contribution in [0, 0.1) is 11.3 Å². The fraction of sp³-hybridized carbons (Fsp3) is 0.500. The maximum atomic E-state index is 8.80. The predicted molar refractivity (Wildman–Crippen MR) is 71.5 cm³/mol. The summed E-state index contributed by atoms with van der Waals surface area (Å²) in [5, 5.41) is 15.4. The Morgan fingerprint density at radius 3 is 3.00 bits per heavy atom. The van der Waals surface area contributed by atoms with Crippen molar-refractivity contribution >= 4 is 5.69 Å². The van der Waals surface area contributed by atoms with E-state index >= 15 is 0 Å². The average molecular weight is 245 g/mol. The van der Waals surface area contributed by atoms with E-state index in [4.69, 9.17) is 10.00 Å². The molecule has 0 saturated carbocycles.